The fraction of sp³-hybridized carbons (Fsp3) is 0.625. The number of hydrogen-bond acceptors (Lipinski definition) is 3. The van der Waals surface area contributed by atoms with Gasteiger partial charge in [-0.1, -0.05) is 26.8 Å². The molecule has 1 aromatic heterocycles. The average Bonchev–Trinajstić information content (AvgIpc) is 2.34. The highest BCUT2D eigenvalue weighted by molar-refractivity contribution is 5.78. The second-order valence-electron chi connectivity index (χ2n) is 6.66. The fourth-order valence-electron chi connectivity index (χ4n) is 2.33. The highest BCUT2D eigenvalue weighted by atomic mass is 16.2. The van der Waals surface area contributed by atoms with E-state index < -0.39 is 0 Å². The summed E-state index contributed by atoms with van der Waals surface area (Å²) in [4.78, 5) is 18.6. The maximum Gasteiger partial charge on any atom is 0.227 e. The van der Waals surface area contributed by atoms with Crippen LogP contribution in [0, 0.1) is 18.3 Å². The number of aromatic nitrogens is 1. The zero-order valence-corrected chi connectivity index (χ0v) is 13.3. The summed E-state index contributed by atoms with van der Waals surface area (Å²) in [5, 5.41) is 0. The van der Waals surface area contributed by atoms with Gasteiger partial charge in [0.25, 0.3) is 0 Å². The Bertz CT molecular complexity index is 451. The molecule has 0 saturated heterocycles. The van der Waals surface area contributed by atoms with E-state index in [2.05, 4.69) is 25.8 Å². The molecule has 20 heavy (non-hydrogen) atoms. The van der Waals surface area contributed by atoms with Crippen molar-refractivity contribution < 1.29 is 4.79 Å². The third-order valence-corrected chi connectivity index (χ3v) is 3.21. The van der Waals surface area contributed by atoms with Crippen LogP contribution >= 0.6 is 0 Å². The number of hydrogen-bond donors (Lipinski definition) is 1. The van der Waals surface area contributed by atoms with Gasteiger partial charge in [-0.25, -0.2) is 0 Å². The van der Waals surface area contributed by atoms with Crippen LogP contribution in [-0.4, -0.2) is 29.4 Å². The van der Waals surface area contributed by atoms with Crippen LogP contribution in [0.1, 0.15) is 38.6 Å². The zero-order chi connectivity index (χ0) is 15.3. The van der Waals surface area contributed by atoms with Gasteiger partial charge in [-0.05, 0) is 30.9 Å². The molecule has 0 aliphatic rings. The Hall–Kier alpha value is -1.42. The first-order valence-corrected chi connectivity index (χ1v) is 7.10. The molecule has 1 rings (SSSR count). The number of nitrogens with two attached hydrogens (primary N) is 1. The van der Waals surface area contributed by atoms with Crippen molar-refractivity contribution in [2.45, 2.75) is 40.7 Å². The van der Waals surface area contributed by atoms with Crippen molar-refractivity contribution in [2.75, 3.05) is 13.6 Å². The van der Waals surface area contributed by atoms with Crippen LogP contribution in [0.3, 0.4) is 0 Å². The number of pyridine rings is 1. The van der Waals surface area contributed by atoms with Crippen LogP contribution in [0.15, 0.2) is 18.2 Å². The van der Waals surface area contributed by atoms with E-state index in [4.69, 9.17) is 5.73 Å². The zero-order valence-electron chi connectivity index (χ0n) is 13.3. The maximum absolute atomic E-state index is 12.5. The molecule has 1 aromatic rings. The molecule has 2 N–H and O–H groups in total. The third kappa shape index (κ3) is 5.29. The molecule has 1 atom stereocenters. The summed E-state index contributed by atoms with van der Waals surface area (Å²) in [5.74, 6) is -0.0180. The summed E-state index contributed by atoms with van der Waals surface area (Å²) in [6, 6.07) is 5.86. The van der Waals surface area contributed by atoms with Gasteiger partial charge >= 0.3 is 0 Å². The number of carbonyl (C=O) groups excluding carboxylic acids is 1. The molecule has 0 aromatic carbocycles. The lowest BCUT2D eigenvalue weighted by Crippen LogP contribution is -2.38. The van der Waals surface area contributed by atoms with Crippen molar-refractivity contribution in [3.8, 4) is 0 Å². The summed E-state index contributed by atoms with van der Waals surface area (Å²) in [5.41, 5.74) is 7.75. The van der Waals surface area contributed by atoms with E-state index >= 15 is 0 Å². The molecule has 0 radical (unpaired) electrons. The van der Waals surface area contributed by atoms with E-state index in [1.54, 1.807) is 4.90 Å². The Labute approximate surface area is 122 Å². The van der Waals surface area contributed by atoms with Crippen LogP contribution in [0.5, 0.6) is 0 Å². The standard InChI is InChI=1S/C16H27N3O/c1-12-7-6-8-14(18-12)11-19(5)15(20)13(10-17)9-16(2,3)4/h6-8,13H,9-11,17H2,1-5H3. The second-order valence-corrected chi connectivity index (χ2v) is 6.66. The first-order chi connectivity index (χ1) is 9.23. The molecule has 1 heterocycles. The Balaban J connectivity index is 2.70. The molecule has 0 aliphatic heterocycles. The van der Waals surface area contributed by atoms with Crippen molar-refractivity contribution in [1.82, 2.24) is 9.88 Å². The Morgan fingerprint density at radius 1 is 1.40 bits per heavy atom. The Kier molecular flexibility index (Phi) is 5.69. The minimum Gasteiger partial charge on any atom is -0.340 e. The highest BCUT2D eigenvalue weighted by Gasteiger charge is 2.26. The molecule has 0 saturated carbocycles. The summed E-state index contributed by atoms with van der Waals surface area (Å²) in [6.45, 7) is 9.26. The lowest BCUT2D eigenvalue weighted by Gasteiger charge is -2.28. The summed E-state index contributed by atoms with van der Waals surface area (Å²) >= 11 is 0. The predicted molar refractivity (Wildman–Crippen MR) is 82.1 cm³/mol. The van der Waals surface area contributed by atoms with Crippen LogP contribution in [0.2, 0.25) is 0 Å². The second kappa shape index (κ2) is 6.84. The molecule has 4 heteroatoms. The van der Waals surface area contributed by atoms with Gasteiger partial charge in [-0.2, -0.15) is 0 Å². The minimum absolute atomic E-state index is 0.0993. The van der Waals surface area contributed by atoms with Gasteiger partial charge in [0.2, 0.25) is 5.91 Å². The molecular formula is C16H27N3O. The number of nitrogens with zero attached hydrogens (tertiary/aromatic N) is 2. The molecule has 4 nitrogen and oxygen atoms in total. The van der Waals surface area contributed by atoms with E-state index in [9.17, 15) is 4.79 Å². The molecule has 1 unspecified atom stereocenters. The van der Waals surface area contributed by atoms with Crippen LogP contribution < -0.4 is 5.73 Å². The van der Waals surface area contributed by atoms with Crippen molar-refractivity contribution in [1.29, 1.82) is 0 Å². The lowest BCUT2D eigenvalue weighted by molar-refractivity contribution is -0.135. The number of amides is 1. The smallest absolute Gasteiger partial charge is 0.227 e. The molecular weight excluding hydrogens is 250 g/mol. The van der Waals surface area contributed by atoms with E-state index in [1.807, 2.05) is 32.2 Å². The van der Waals surface area contributed by atoms with Crippen molar-refractivity contribution >= 4 is 5.91 Å². The van der Waals surface area contributed by atoms with Gasteiger partial charge < -0.3 is 10.6 Å². The number of carbonyl (C=O) groups is 1. The molecule has 0 spiro atoms. The summed E-state index contributed by atoms with van der Waals surface area (Å²) in [7, 11) is 1.82. The van der Waals surface area contributed by atoms with Crippen LogP contribution in [0.25, 0.3) is 0 Å². The van der Waals surface area contributed by atoms with Gasteiger partial charge in [0.05, 0.1) is 18.2 Å². The predicted octanol–water partition coefficient (Wildman–Crippen LogP) is 2.36. The summed E-state index contributed by atoms with van der Waals surface area (Å²) in [6.07, 6.45) is 0.800. The monoisotopic (exact) mass is 277 g/mol. The highest BCUT2D eigenvalue weighted by Crippen LogP contribution is 2.25. The Morgan fingerprint density at radius 3 is 2.55 bits per heavy atom. The van der Waals surface area contributed by atoms with Gasteiger partial charge in [0.1, 0.15) is 0 Å². The minimum atomic E-state index is -0.121. The van der Waals surface area contributed by atoms with E-state index in [1.165, 1.54) is 0 Å². The van der Waals surface area contributed by atoms with Crippen molar-refractivity contribution in [2.24, 2.45) is 17.1 Å². The number of rotatable bonds is 5. The maximum atomic E-state index is 12.5. The van der Waals surface area contributed by atoms with Gasteiger partial charge in [0.15, 0.2) is 0 Å². The van der Waals surface area contributed by atoms with Gasteiger partial charge in [-0.15, -0.1) is 0 Å². The summed E-state index contributed by atoms with van der Waals surface area (Å²) < 4.78 is 0. The molecule has 0 bridgehead atoms. The quantitative estimate of drug-likeness (QED) is 0.899. The van der Waals surface area contributed by atoms with E-state index in [0.717, 1.165) is 17.8 Å². The van der Waals surface area contributed by atoms with Crippen molar-refractivity contribution in [3.05, 3.63) is 29.6 Å². The molecule has 0 fully saturated rings. The number of aryl methyl sites for hydroxylation is 1. The average molecular weight is 277 g/mol. The SMILES string of the molecule is Cc1cccc(CN(C)C(=O)C(CN)CC(C)(C)C)n1. The largest absolute Gasteiger partial charge is 0.340 e. The fourth-order valence-corrected chi connectivity index (χ4v) is 2.33. The van der Waals surface area contributed by atoms with E-state index in [-0.39, 0.29) is 17.2 Å². The molecule has 0 aliphatic carbocycles. The van der Waals surface area contributed by atoms with Crippen LogP contribution in [-0.2, 0) is 11.3 Å². The van der Waals surface area contributed by atoms with Crippen molar-refractivity contribution in [3.63, 3.8) is 0 Å². The Morgan fingerprint density at radius 2 is 2.05 bits per heavy atom. The topological polar surface area (TPSA) is 59.2 Å². The first kappa shape index (κ1) is 16.6. The first-order valence-electron chi connectivity index (χ1n) is 7.10. The van der Waals surface area contributed by atoms with Gasteiger partial charge in [0, 0.05) is 19.3 Å². The normalized spacial score (nSPS) is 13.1. The molecule has 1 amide bonds. The van der Waals surface area contributed by atoms with Gasteiger partial charge in [-0.3, -0.25) is 9.78 Å². The third-order valence-electron chi connectivity index (χ3n) is 3.21. The van der Waals surface area contributed by atoms with Crippen LogP contribution in [0.4, 0.5) is 0 Å². The van der Waals surface area contributed by atoms with E-state index in [0.29, 0.717) is 13.1 Å². The lowest BCUT2D eigenvalue weighted by atomic mass is 9.84. The molecule has 112 valence electrons.